The van der Waals surface area contributed by atoms with Gasteiger partial charge in [-0.05, 0) is 20.9 Å². The highest BCUT2D eigenvalue weighted by Crippen LogP contribution is 2.21. The number of aromatic nitrogens is 1. The van der Waals surface area contributed by atoms with Gasteiger partial charge in [0.15, 0.2) is 5.13 Å². The molecule has 1 rings (SSSR count). The average molecular weight is 300 g/mol. The largest absolute Gasteiger partial charge is 0.383 e. The molecule has 6 heteroatoms. The molecule has 0 amide bonds. The zero-order valence-electron chi connectivity index (χ0n) is 13.2. The van der Waals surface area contributed by atoms with Crippen molar-refractivity contribution < 1.29 is 4.74 Å². The first kappa shape index (κ1) is 17.4. The minimum atomic E-state index is 0.790. The molecule has 116 valence electrons. The van der Waals surface area contributed by atoms with E-state index < -0.39 is 0 Å². The Labute approximate surface area is 126 Å². The first-order valence-electron chi connectivity index (χ1n) is 7.29. The lowest BCUT2D eigenvalue weighted by molar-refractivity contribution is 0.161. The van der Waals surface area contributed by atoms with Gasteiger partial charge in [-0.2, -0.15) is 0 Å². The molecule has 1 aromatic heterocycles. The Morgan fingerprint density at radius 2 is 2.05 bits per heavy atom. The molecule has 0 spiro atoms. The van der Waals surface area contributed by atoms with E-state index in [1.165, 1.54) is 4.88 Å². The average Bonchev–Trinajstić information content (AvgIpc) is 2.91. The summed E-state index contributed by atoms with van der Waals surface area (Å²) < 4.78 is 5.06. The third-order valence-electron chi connectivity index (χ3n) is 3.22. The number of rotatable bonds is 11. The molecule has 0 fully saturated rings. The van der Waals surface area contributed by atoms with Crippen LogP contribution in [0.3, 0.4) is 0 Å². The topological polar surface area (TPSA) is 40.6 Å². The van der Waals surface area contributed by atoms with Crippen LogP contribution in [0.25, 0.3) is 0 Å². The molecule has 0 aromatic carbocycles. The first-order chi connectivity index (χ1) is 9.71. The number of nitrogens with zero attached hydrogens (tertiary/aromatic N) is 3. The fourth-order valence-electron chi connectivity index (χ4n) is 1.86. The van der Waals surface area contributed by atoms with Gasteiger partial charge in [0, 0.05) is 57.5 Å². The molecule has 1 aromatic rings. The Morgan fingerprint density at radius 3 is 2.70 bits per heavy atom. The molecule has 0 aliphatic heterocycles. The third-order valence-corrected chi connectivity index (χ3v) is 4.28. The Kier molecular flexibility index (Phi) is 8.77. The second-order valence-corrected chi connectivity index (χ2v) is 5.85. The van der Waals surface area contributed by atoms with E-state index in [0.29, 0.717) is 0 Å². The van der Waals surface area contributed by atoms with Crippen LogP contribution in [-0.2, 0) is 11.3 Å². The maximum Gasteiger partial charge on any atom is 0.185 e. The lowest BCUT2D eigenvalue weighted by Gasteiger charge is -2.16. The molecule has 20 heavy (non-hydrogen) atoms. The fourth-order valence-corrected chi connectivity index (χ4v) is 2.87. The van der Waals surface area contributed by atoms with Crippen LogP contribution in [0.4, 0.5) is 5.13 Å². The Balaban J connectivity index is 2.22. The van der Waals surface area contributed by atoms with E-state index in [4.69, 9.17) is 4.74 Å². The van der Waals surface area contributed by atoms with Crippen LogP contribution in [0.1, 0.15) is 18.7 Å². The highest BCUT2D eigenvalue weighted by atomic mass is 32.1. The maximum absolute atomic E-state index is 5.06. The van der Waals surface area contributed by atoms with Gasteiger partial charge in [0.25, 0.3) is 0 Å². The first-order valence-corrected chi connectivity index (χ1v) is 8.10. The van der Waals surface area contributed by atoms with Crippen LogP contribution in [-0.4, -0.2) is 63.4 Å². The number of hydrogen-bond acceptors (Lipinski definition) is 6. The molecule has 1 heterocycles. The summed E-state index contributed by atoms with van der Waals surface area (Å²) in [5.74, 6) is 0. The van der Waals surface area contributed by atoms with Gasteiger partial charge >= 0.3 is 0 Å². The second-order valence-electron chi connectivity index (χ2n) is 4.75. The van der Waals surface area contributed by atoms with Crippen LogP contribution in [0.15, 0.2) is 6.20 Å². The SMILES string of the molecule is CCN(CC)c1ncc(CNCCN(C)CCOC)s1. The number of methoxy groups -OCH3 is 1. The number of thiazole rings is 1. The van der Waals surface area contributed by atoms with E-state index in [-0.39, 0.29) is 0 Å². The van der Waals surface area contributed by atoms with Gasteiger partial charge in [-0.1, -0.05) is 0 Å². The number of likely N-dealkylation sites (N-methyl/N-ethyl adjacent to an activating group) is 1. The monoisotopic (exact) mass is 300 g/mol. The molecule has 0 bridgehead atoms. The summed E-state index contributed by atoms with van der Waals surface area (Å²) in [6, 6.07) is 0. The normalized spacial score (nSPS) is 11.2. The molecule has 0 radical (unpaired) electrons. The van der Waals surface area contributed by atoms with E-state index in [0.717, 1.165) is 51.0 Å². The van der Waals surface area contributed by atoms with Crippen molar-refractivity contribution in [2.75, 3.05) is 58.4 Å². The molecule has 0 saturated heterocycles. The Morgan fingerprint density at radius 1 is 1.30 bits per heavy atom. The standard InChI is InChI=1S/C14H28N4OS/c1-5-18(6-2)14-16-12-13(20-14)11-15-7-8-17(3)9-10-19-4/h12,15H,5-11H2,1-4H3. The summed E-state index contributed by atoms with van der Waals surface area (Å²) in [6.45, 7) is 11.0. The van der Waals surface area contributed by atoms with E-state index in [1.54, 1.807) is 18.4 Å². The zero-order valence-corrected chi connectivity index (χ0v) is 14.0. The molecular weight excluding hydrogens is 272 g/mol. The minimum Gasteiger partial charge on any atom is -0.383 e. The summed E-state index contributed by atoms with van der Waals surface area (Å²) in [5, 5.41) is 4.60. The molecule has 0 unspecified atom stereocenters. The number of hydrogen-bond donors (Lipinski definition) is 1. The summed E-state index contributed by atoms with van der Waals surface area (Å²) in [7, 11) is 3.86. The van der Waals surface area contributed by atoms with Gasteiger partial charge in [0.2, 0.25) is 0 Å². The highest BCUT2D eigenvalue weighted by molar-refractivity contribution is 7.15. The minimum absolute atomic E-state index is 0.790. The summed E-state index contributed by atoms with van der Waals surface area (Å²) in [4.78, 5) is 10.3. The van der Waals surface area contributed by atoms with E-state index in [9.17, 15) is 0 Å². The Hall–Kier alpha value is -0.690. The third kappa shape index (κ3) is 6.17. The van der Waals surface area contributed by atoms with Crippen molar-refractivity contribution >= 4 is 16.5 Å². The summed E-state index contributed by atoms with van der Waals surface area (Å²) in [6.07, 6.45) is 1.99. The van der Waals surface area contributed by atoms with Crippen molar-refractivity contribution in [3.8, 4) is 0 Å². The second kappa shape index (κ2) is 10.1. The smallest absolute Gasteiger partial charge is 0.185 e. The molecule has 0 aliphatic carbocycles. The molecule has 0 saturated carbocycles. The molecule has 0 aliphatic rings. The van der Waals surface area contributed by atoms with Crippen LogP contribution in [0.2, 0.25) is 0 Å². The van der Waals surface area contributed by atoms with E-state index in [1.807, 2.05) is 6.20 Å². The summed E-state index contributed by atoms with van der Waals surface area (Å²) in [5.41, 5.74) is 0. The van der Waals surface area contributed by atoms with Gasteiger partial charge < -0.3 is 19.9 Å². The summed E-state index contributed by atoms with van der Waals surface area (Å²) >= 11 is 1.78. The zero-order chi connectivity index (χ0) is 14.8. The predicted molar refractivity (Wildman–Crippen MR) is 86.8 cm³/mol. The van der Waals surface area contributed by atoms with Gasteiger partial charge in [-0.3, -0.25) is 0 Å². The van der Waals surface area contributed by atoms with Crippen molar-refractivity contribution in [2.24, 2.45) is 0 Å². The van der Waals surface area contributed by atoms with Crippen molar-refractivity contribution in [1.82, 2.24) is 15.2 Å². The highest BCUT2D eigenvalue weighted by Gasteiger charge is 2.07. The van der Waals surface area contributed by atoms with Crippen molar-refractivity contribution in [2.45, 2.75) is 20.4 Å². The lowest BCUT2D eigenvalue weighted by atomic mass is 10.5. The van der Waals surface area contributed by atoms with Crippen LogP contribution in [0, 0.1) is 0 Å². The van der Waals surface area contributed by atoms with Crippen LogP contribution in [0.5, 0.6) is 0 Å². The van der Waals surface area contributed by atoms with Gasteiger partial charge in [0.05, 0.1) is 6.61 Å². The fraction of sp³-hybridized carbons (Fsp3) is 0.786. The van der Waals surface area contributed by atoms with Crippen molar-refractivity contribution in [3.63, 3.8) is 0 Å². The van der Waals surface area contributed by atoms with Crippen LogP contribution >= 0.6 is 11.3 Å². The van der Waals surface area contributed by atoms with Gasteiger partial charge in [-0.25, -0.2) is 4.98 Å². The quantitative estimate of drug-likeness (QED) is 0.629. The predicted octanol–water partition coefficient (Wildman–Crippen LogP) is 1.66. The molecule has 5 nitrogen and oxygen atoms in total. The number of anilines is 1. The van der Waals surface area contributed by atoms with E-state index >= 15 is 0 Å². The lowest BCUT2D eigenvalue weighted by Crippen LogP contribution is -2.31. The van der Waals surface area contributed by atoms with Gasteiger partial charge in [0.1, 0.15) is 0 Å². The van der Waals surface area contributed by atoms with Crippen molar-refractivity contribution in [3.05, 3.63) is 11.1 Å². The van der Waals surface area contributed by atoms with E-state index in [2.05, 4.69) is 41.0 Å². The van der Waals surface area contributed by atoms with Crippen LogP contribution < -0.4 is 10.2 Å². The maximum atomic E-state index is 5.06. The molecule has 0 atom stereocenters. The van der Waals surface area contributed by atoms with Crippen molar-refractivity contribution in [1.29, 1.82) is 0 Å². The Bertz CT molecular complexity index is 355. The number of nitrogens with one attached hydrogen (secondary N) is 1. The molecular formula is C14H28N4OS. The number of ether oxygens (including phenoxy) is 1. The molecule has 1 N–H and O–H groups in total. The van der Waals surface area contributed by atoms with Gasteiger partial charge in [-0.15, -0.1) is 11.3 Å².